The Morgan fingerprint density at radius 3 is 2.79 bits per heavy atom. The molecule has 6 heteroatoms. The number of aromatic nitrogens is 5. The van der Waals surface area contributed by atoms with Crippen LogP contribution in [0, 0.1) is 0 Å². The Kier molecular flexibility index (Phi) is 1.88. The van der Waals surface area contributed by atoms with E-state index in [0.29, 0.717) is 17.2 Å². The Labute approximate surface area is 80.0 Å². The van der Waals surface area contributed by atoms with Crippen molar-refractivity contribution in [1.82, 2.24) is 25.0 Å². The first-order valence-corrected chi connectivity index (χ1v) is 4.09. The van der Waals surface area contributed by atoms with Crippen molar-refractivity contribution in [3.05, 3.63) is 18.1 Å². The van der Waals surface area contributed by atoms with E-state index < -0.39 is 0 Å². The number of H-pyrrole nitrogens is 1. The van der Waals surface area contributed by atoms with E-state index in [2.05, 4.69) is 20.2 Å². The van der Waals surface area contributed by atoms with Gasteiger partial charge in [-0.2, -0.15) is 15.0 Å². The molecule has 0 radical (unpaired) electrons. The van der Waals surface area contributed by atoms with E-state index in [9.17, 15) is 4.79 Å². The zero-order valence-corrected chi connectivity index (χ0v) is 7.85. The van der Waals surface area contributed by atoms with E-state index in [4.69, 9.17) is 0 Å². The van der Waals surface area contributed by atoms with Crippen molar-refractivity contribution < 1.29 is 4.79 Å². The second-order valence-corrected chi connectivity index (χ2v) is 2.92. The maximum absolute atomic E-state index is 11.0. The zero-order valence-electron chi connectivity index (χ0n) is 7.85. The average molecular weight is 191 g/mol. The highest BCUT2D eigenvalue weighted by Gasteiger charge is 2.08. The lowest BCUT2D eigenvalue weighted by Gasteiger charge is -1.87. The quantitative estimate of drug-likeness (QED) is 0.697. The largest absolute Gasteiger partial charge is 0.334 e. The summed E-state index contributed by atoms with van der Waals surface area (Å²) in [5, 5.41) is 7.96. The molecule has 0 aliphatic carbocycles. The standard InChI is InChI=1S/C8H9N5O/c1-5(14)6-3-9-8(11-6)7-4-10-13(2)12-7/h3-4H,1-2H3,(H,9,11). The lowest BCUT2D eigenvalue weighted by molar-refractivity contribution is 0.101. The highest BCUT2D eigenvalue weighted by Crippen LogP contribution is 2.10. The summed E-state index contributed by atoms with van der Waals surface area (Å²) in [5.74, 6) is 0.510. The van der Waals surface area contributed by atoms with Crippen molar-refractivity contribution in [2.24, 2.45) is 7.05 Å². The van der Waals surface area contributed by atoms with Crippen LogP contribution in [-0.4, -0.2) is 30.7 Å². The molecular weight excluding hydrogens is 182 g/mol. The molecule has 0 saturated heterocycles. The maximum atomic E-state index is 11.0. The number of imidazole rings is 1. The third-order valence-corrected chi connectivity index (χ3v) is 1.80. The molecule has 0 aliphatic rings. The number of rotatable bonds is 2. The number of aryl methyl sites for hydroxylation is 1. The summed E-state index contributed by atoms with van der Waals surface area (Å²) < 4.78 is 0. The molecule has 2 rings (SSSR count). The van der Waals surface area contributed by atoms with Crippen LogP contribution in [0.25, 0.3) is 11.5 Å². The van der Waals surface area contributed by atoms with Gasteiger partial charge in [-0.1, -0.05) is 0 Å². The summed E-state index contributed by atoms with van der Waals surface area (Å²) in [7, 11) is 1.72. The molecule has 0 fully saturated rings. The molecule has 0 aromatic carbocycles. The highest BCUT2D eigenvalue weighted by molar-refractivity contribution is 5.92. The molecule has 0 saturated carbocycles. The predicted molar refractivity (Wildman–Crippen MR) is 48.6 cm³/mol. The maximum Gasteiger partial charge on any atom is 0.177 e. The van der Waals surface area contributed by atoms with Crippen molar-refractivity contribution in [2.45, 2.75) is 6.92 Å². The summed E-state index contributed by atoms with van der Waals surface area (Å²) in [6.45, 7) is 1.48. The molecule has 0 aliphatic heterocycles. The van der Waals surface area contributed by atoms with Crippen LogP contribution in [0.5, 0.6) is 0 Å². The van der Waals surface area contributed by atoms with Gasteiger partial charge in [-0.15, -0.1) is 0 Å². The number of carbonyl (C=O) groups is 1. The molecule has 0 amide bonds. The average Bonchev–Trinajstić information content (AvgIpc) is 2.70. The Hall–Kier alpha value is -1.98. The van der Waals surface area contributed by atoms with E-state index in [1.165, 1.54) is 17.9 Å². The van der Waals surface area contributed by atoms with Gasteiger partial charge in [-0.3, -0.25) is 4.79 Å². The molecule has 2 heterocycles. The number of hydrogen-bond donors (Lipinski definition) is 1. The number of carbonyl (C=O) groups excluding carboxylic acids is 1. The third-order valence-electron chi connectivity index (χ3n) is 1.80. The van der Waals surface area contributed by atoms with Gasteiger partial charge in [0.2, 0.25) is 0 Å². The molecule has 2 aromatic heterocycles. The second-order valence-electron chi connectivity index (χ2n) is 2.92. The van der Waals surface area contributed by atoms with Crippen LogP contribution in [0.15, 0.2) is 12.4 Å². The first-order chi connectivity index (χ1) is 6.66. The van der Waals surface area contributed by atoms with Gasteiger partial charge >= 0.3 is 0 Å². The normalized spacial score (nSPS) is 10.4. The predicted octanol–water partition coefficient (Wildman–Crippen LogP) is 0.408. The van der Waals surface area contributed by atoms with Crippen LogP contribution in [0.2, 0.25) is 0 Å². The van der Waals surface area contributed by atoms with Gasteiger partial charge in [0.25, 0.3) is 0 Å². The lowest BCUT2D eigenvalue weighted by Crippen LogP contribution is -1.93. The van der Waals surface area contributed by atoms with E-state index >= 15 is 0 Å². The summed E-state index contributed by atoms with van der Waals surface area (Å²) in [4.78, 5) is 19.3. The lowest BCUT2D eigenvalue weighted by atomic mass is 10.3. The second kappa shape index (κ2) is 3.06. The first-order valence-electron chi connectivity index (χ1n) is 4.09. The van der Waals surface area contributed by atoms with Gasteiger partial charge < -0.3 is 4.98 Å². The summed E-state index contributed by atoms with van der Waals surface area (Å²) >= 11 is 0. The molecule has 1 N–H and O–H groups in total. The third kappa shape index (κ3) is 1.41. The number of hydrogen-bond acceptors (Lipinski definition) is 4. The SMILES string of the molecule is CC(=O)c1cnc(-c2cnn(C)n2)[nH]1. The fraction of sp³-hybridized carbons (Fsp3) is 0.250. The minimum absolute atomic E-state index is 0.0485. The topological polar surface area (TPSA) is 76.5 Å². The summed E-state index contributed by atoms with van der Waals surface area (Å²) in [6.07, 6.45) is 3.08. The van der Waals surface area contributed by atoms with Gasteiger partial charge in [-0.25, -0.2) is 4.98 Å². The van der Waals surface area contributed by atoms with Crippen molar-refractivity contribution in [3.8, 4) is 11.5 Å². The minimum Gasteiger partial charge on any atom is -0.334 e. The smallest absolute Gasteiger partial charge is 0.177 e. The van der Waals surface area contributed by atoms with Crippen molar-refractivity contribution in [3.63, 3.8) is 0 Å². The minimum atomic E-state index is -0.0485. The van der Waals surface area contributed by atoms with E-state index in [-0.39, 0.29) is 5.78 Å². The van der Waals surface area contributed by atoms with Gasteiger partial charge in [0.15, 0.2) is 11.6 Å². The van der Waals surface area contributed by atoms with Crippen LogP contribution < -0.4 is 0 Å². The molecule has 0 unspecified atom stereocenters. The van der Waals surface area contributed by atoms with Gasteiger partial charge in [-0.05, 0) is 0 Å². The van der Waals surface area contributed by atoms with Crippen molar-refractivity contribution in [2.75, 3.05) is 0 Å². The van der Waals surface area contributed by atoms with Crippen LogP contribution in [0.1, 0.15) is 17.4 Å². The van der Waals surface area contributed by atoms with E-state index in [0.717, 1.165) is 0 Å². The Bertz CT molecular complexity index is 470. The Morgan fingerprint density at radius 2 is 2.29 bits per heavy atom. The fourth-order valence-corrected chi connectivity index (χ4v) is 1.08. The van der Waals surface area contributed by atoms with Crippen LogP contribution in [0.3, 0.4) is 0 Å². The molecule has 6 nitrogen and oxygen atoms in total. The van der Waals surface area contributed by atoms with Gasteiger partial charge in [0.1, 0.15) is 11.4 Å². The highest BCUT2D eigenvalue weighted by atomic mass is 16.1. The Morgan fingerprint density at radius 1 is 1.50 bits per heavy atom. The number of nitrogens with one attached hydrogen (secondary N) is 1. The first kappa shape index (κ1) is 8.61. The molecule has 0 spiro atoms. The summed E-state index contributed by atoms with van der Waals surface area (Å²) in [6, 6.07) is 0. The number of ketones is 1. The van der Waals surface area contributed by atoms with Crippen LogP contribution >= 0.6 is 0 Å². The fourth-order valence-electron chi connectivity index (χ4n) is 1.08. The van der Waals surface area contributed by atoms with Crippen LogP contribution in [0.4, 0.5) is 0 Å². The molecule has 72 valence electrons. The van der Waals surface area contributed by atoms with E-state index in [1.807, 2.05) is 0 Å². The molecule has 0 atom stereocenters. The number of nitrogens with zero attached hydrogens (tertiary/aromatic N) is 4. The Balaban J connectivity index is 2.38. The summed E-state index contributed by atoms with van der Waals surface area (Å²) in [5.41, 5.74) is 1.10. The van der Waals surface area contributed by atoms with Crippen molar-refractivity contribution in [1.29, 1.82) is 0 Å². The molecule has 0 bridgehead atoms. The van der Waals surface area contributed by atoms with Crippen molar-refractivity contribution >= 4 is 5.78 Å². The number of Topliss-reactive ketones (excluding diaryl/α,β-unsaturated/α-hetero) is 1. The van der Waals surface area contributed by atoms with E-state index in [1.54, 1.807) is 13.2 Å². The molecular formula is C8H9N5O. The monoisotopic (exact) mass is 191 g/mol. The van der Waals surface area contributed by atoms with Gasteiger partial charge in [0.05, 0.1) is 12.4 Å². The van der Waals surface area contributed by atoms with Crippen LogP contribution in [-0.2, 0) is 7.05 Å². The number of aromatic amines is 1. The zero-order chi connectivity index (χ0) is 10.1. The molecule has 14 heavy (non-hydrogen) atoms. The van der Waals surface area contributed by atoms with Gasteiger partial charge in [0, 0.05) is 14.0 Å². The molecule has 2 aromatic rings.